The highest BCUT2D eigenvalue weighted by Gasteiger charge is 2.16. The van der Waals surface area contributed by atoms with Crippen molar-refractivity contribution in [3.8, 4) is 11.3 Å². The molecule has 9 heteroatoms. The van der Waals surface area contributed by atoms with Crippen LogP contribution in [-0.2, 0) is 4.74 Å². The average molecular weight is 407 g/mol. The van der Waals surface area contributed by atoms with Crippen molar-refractivity contribution in [3.05, 3.63) is 60.6 Å². The minimum Gasteiger partial charge on any atom is -0.376 e. The van der Waals surface area contributed by atoms with Crippen LogP contribution in [0.15, 0.2) is 59.4 Å². The number of benzene rings is 1. The van der Waals surface area contributed by atoms with Crippen LogP contribution in [0.2, 0.25) is 0 Å². The Hall–Kier alpha value is -3.72. The van der Waals surface area contributed by atoms with Crippen molar-refractivity contribution in [1.29, 1.82) is 0 Å². The van der Waals surface area contributed by atoms with Crippen LogP contribution in [0.1, 0.15) is 23.3 Å². The molecule has 1 atom stereocenters. The summed E-state index contributed by atoms with van der Waals surface area (Å²) in [5.74, 6) is 0.0609. The highest BCUT2D eigenvalue weighted by atomic mass is 16.5. The molecule has 1 aliphatic heterocycles. The Morgan fingerprint density at radius 2 is 1.90 bits per heavy atom. The molecule has 0 unspecified atom stereocenters. The number of aromatic nitrogens is 2. The molecule has 0 radical (unpaired) electrons. The predicted octanol–water partition coefficient (Wildman–Crippen LogP) is 3.29. The molecule has 0 saturated carbocycles. The van der Waals surface area contributed by atoms with Gasteiger partial charge >= 0.3 is 6.03 Å². The molecular weight excluding hydrogens is 386 g/mol. The van der Waals surface area contributed by atoms with Crippen molar-refractivity contribution in [1.82, 2.24) is 15.5 Å². The summed E-state index contributed by atoms with van der Waals surface area (Å²) < 4.78 is 10.7. The van der Waals surface area contributed by atoms with Crippen molar-refractivity contribution in [2.45, 2.75) is 18.9 Å². The van der Waals surface area contributed by atoms with Crippen LogP contribution in [0, 0.1) is 0 Å². The first-order valence-electron chi connectivity index (χ1n) is 9.62. The van der Waals surface area contributed by atoms with Gasteiger partial charge in [0.1, 0.15) is 0 Å². The molecule has 0 aliphatic carbocycles. The zero-order valence-corrected chi connectivity index (χ0v) is 16.1. The third-order valence-corrected chi connectivity index (χ3v) is 4.60. The fraction of sp³-hybridized carbons (Fsp3) is 0.238. The van der Waals surface area contributed by atoms with Gasteiger partial charge in [0.25, 0.3) is 5.91 Å². The van der Waals surface area contributed by atoms with Crippen LogP contribution in [0.3, 0.4) is 0 Å². The van der Waals surface area contributed by atoms with Crippen molar-refractivity contribution in [2.75, 3.05) is 23.8 Å². The second-order valence-corrected chi connectivity index (χ2v) is 6.82. The number of hydrogen-bond acceptors (Lipinski definition) is 6. The van der Waals surface area contributed by atoms with Gasteiger partial charge in [-0.05, 0) is 49.2 Å². The largest absolute Gasteiger partial charge is 0.376 e. The Kier molecular flexibility index (Phi) is 6.00. The monoisotopic (exact) mass is 407 g/mol. The highest BCUT2D eigenvalue weighted by Crippen LogP contribution is 2.20. The summed E-state index contributed by atoms with van der Waals surface area (Å²) in [5.41, 5.74) is 2.07. The van der Waals surface area contributed by atoms with Gasteiger partial charge in [-0.1, -0.05) is 5.16 Å². The van der Waals surface area contributed by atoms with Crippen LogP contribution in [-0.4, -0.2) is 41.3 Å². The van der Waals surface area contributed by atoms with Crippen molar-refractivity contribution in [3.63, 3.8) is 0 Å². The van der Waals surface area contributed by atoms with Gasteiger partial charge in [-0.15, -0.1) is 0 Å². The van der Waals surface area contributed by atoms with Crippen LogP contribution in [0.5, 0.6) is 0 Å². The van der Waals surface area contributed by atoms with E-state index < -0.39 is 5.91 Å². The van der Waals surface area contributed by atoms with E-state index in [2.05, 4.69) is 26.1 Å². The van der Waals surface area contributed by atoms with Gasteiger partial charge in [-0.2, -0.15) is 0 Å². The van der Waals surface area contributed by atoms with E-state index in [-0.39, 0.29) is 17.8 Å². The first-order valence-corrected chi connectivity index (χ1v) is 9.62. The molecule has 0 bridgehead atoms. The molecule has 3 N–H and O–H groups in total. The molecule has 1 saturated heterocycles. The van der Waals surface area contributed by atoms with E-state index in [1.165, 1.54) is 0 Å². The van der Waals surface area contributed by atoms with Gasteiger partial charge in [-0.3, -0.25) is 9.78 Å². The Bertz CT molecular complexity index is 998. The maximum Gasteiger partial charge on any atom is 0.319 e. The molecule has 1 aliphatic rings. The molecule has 1 aromatic carbocycles. The summed E-state index contributed by atoms with van der Waals surface area (Å²) in [4.78, 5) is 28.4. The van der Waals surface area contributed by atoms with E-state index in [0.717, 1.165) is 25.0 Å². The fourth-order valence-corrected chi connectivity index (χ4v) is 3.05. The van der Waals surface area contributed by atoms with E-state index in [9.17, 15) is 9.59 Å². The molecule has 2 aromatic heterocycles. The summed E-state index contributed by atoms with van der Waals surface area (Å²) in [6.45, 7) is 1.24. The van der Waals surface area contributed by atoms with Crippen molar-refractivity contribution >= 4 is 23.3 Å². The summed E-state index contributed by atoms with van der Waals surface area (Å²) in [5, 5.41) is 12.1. The number of urea groups is 1. The molecule has 9 nitrogen and oxygen atoms in total. The summed E-state index contributed by atoms with van der Waals surface area (Å²) in [6.07, 6.45) is 5.36. The van der Waals surface area contributed by atoms with Gasteiger partial charge in [0.2, 0.25) is 0 Å². The van der Waals surface area contributed by atoms with Gasteiger partial charge in [0.15, 0.2) is 11.5 Å². The maximum absolute atomic E-state index is 12.4. The third kappa shape index (κ3) is 5.00. The standard InChI is InChI=1S/C21H21N5O4/c27-20(18-11-19(30-26-18)14-3-1-9-22-12-14)24-15-5-7-16(8-6-15)25-21(28)23-13-17-4-2-10-29-17/h1,3,5-9,11-12,17H,2,4,10,13H2,(H,24,27)(H2,23,25,28)/t17-/m0/s1. The highest BCUT2D eigenvalue weighted by molar-refractivity contribution is 6.03. The number of rotatable bonds is 6. The first kappa shape index (κ1) is 19.6. The van der Waals surface area contributed by atoms with E-state index in [1.807, 2.05) is 6.07 Å². The molecule has 30 heavy (non-hydrogen) atoms. The zero-order valence-electron chi connectivity index (χ0n) is 16.1. The van der Waals surface area contributed by atoms with Crippen LogP contribution < -0.4 is 16.0 Å². The van der Waals surface area contributed by atoms with Gasteiger partial charge in [0, 0.05) is 48.5 Å². The number of hydrogen-bond donors (Lipinski definition) is 3. The molecule has 1 fully saturated rings. The smallest absolute Gasteiger partial charge is 0.319 e. The molecule has 4 rings (SSSR count). The lowest BCUT2D eigenvalue weighted by Gasteiger charge is -2.12. The van der Waals surface area contributed by atoms with E-state index in [0.29, 0.717) is 23.7 Å². The minimum absolute atomic E-state index is 0.0866. The number of nitrogens with one attached hydrogen (secondary N) is 3. The average Bonchev–Trinajstić information content (AvgIpc) is 3.47. The number of ether oxygens (including phenoxy) is 1. The number of nitrogens with zero attached hydrogens (tertiary/aromatic N) is 2. The SMILES string of the molecule is O=C(NC[C@@H]1CCCO1)Nc1ccc(NC(=O)c2cc(-c3cccnc3)on2)cc1. The Balaban J connectivity index is 1.29. The van der Waals surface area contributed by atoms with Gasteiger partial charge in [-0.25, -0.2) is 4.79 Å². The lowest BCUT2D eigenvalue weighted by atomic mass is 10.2. The van der Waals surface area contributed by atoms with Crippen LogP contribution in [0.4, 0.5) is 16.2 Å². The van der Waals surface area contributed by atoms with E-state index in [4.69, 9.17) is 9.26 Å². The first-order chi connectivity index (χ1) is 14.7. The van der Waals surface area contributed by atoms with E-state index >= 15 is 0 Å². The second kappa shape index (κ2) is 9.19. The summed E-state index contributed by atoms with van der Waals surface area (Å²) in [6, 6.07) is 11.6. The summed E-state index contributed by atoms with van der Waals surface area (Å²) >= 11 is 0. The van der Waals surface area contributed by atoms with E-state index in [1.54, 1.807) is 48.8 Å². The molecule has 0 spiro atoms. The molecule has 3 heterocycles. The molecule has 154 valence electrons. The normalized spacial score (nSPS) is 15.5. The Morgan fingerprint density at radius 3 is 2.60 bits per heavy atom. The molecule has 3 amide bonds. The lowest BCUT2D eigenvalue weighted by Crippen LogP contribution is -2.35. The third-order valence-electron chi connectivity index (χ3n) is 4.60. The van der Waals surface area contributed by atoms with Gasteiger partial charge < -0.3 is 25.2 Å². The number of amides is 3. The minimum atomic E-state index is -0.399. The Morgan fingerprint density at radius 1 is 1.10 bits per heavy atom. The fourth-order valence-electron chi connectivity index (χ4n) is 3.05. The van der Waals surface area contributed by atoms with Crippen molar-refractivity contribution < 1.29 is 18.8 Å². The summed E-state index contributed by atoms with van der Waals surface area (Å²) in [7, 11) is 0. The van der Waals surface area contributed by atoms with Crippen LogP contribution in [0.25, 0.3) is 11.3 Å². The zero-order chi connectivity index (χ0) is 20.8. The second-order valence-electron chi connectivity index (χ2n) is 6.82. The number of carbonyl (C=O) groups is 2. The topological polar surface area (TPSA) is 118 Å². The van der Waals surface area contributed by atoms with Crippen molar-refractivity contribution in [2.24, 2.45) is 0 Å². The maximum atomic E-state index is 12.4. The quantitative estimate of drug-likeness (QED) is 0.577. The molecular formula is C21H21N5O4. The number of carbonyl (C=O) groups excluding carboxylic acids is 2. The molecule has 3 aromatic rings. The number of anilines is 2. The number of pyridine rings is 1. The van der Waals surface area contributed by atoms with Crippen LogP contribution >= 0.6 is 0 Å². The Labute approximate surface area is 172 Å². The van der Waals surface area contributed by atoms with Gasteiger partial charge in [0.05, 0.1) is 6.10 Å². The predicted molar refractivity (Wildman–Crippen MR) is 110 cm³/mol. The lowest BCUT2D eigenvalue weighted by molar-refractivity contribution is 0.101.